The molecule has 0 aliphatic rings. The largest absolute Gasteiger partial charge is 0.361 e. The van der Waals surface area contributed by atoms with Crippen LogP contribution in [-0.4, -0.2) is 33.0 Å². The van der Waals surface area contributed by atoms with Gasteiger partial charge in [-0.05, 0) is 19.1 Å². The number of benzene rings is 1. The first-order chi connectivity index (χ1) is 10.1. The highest BCUT2D eigenvalue weighted by atomic mass is 16.5. The molecule has 6 nitrogen and oxygen atoms in total. The van der Waals surface area contributed by atoms with E-state index in [9.17, 15) is 4.79 Å². The Morgan fingerprint density at radius 2 is 2.05 bits per heavy atom. The zero-order chi connectivity index (χ0) is 14.8. The minimum absolute atomic E-state index is 0.207. The van der Waals surface area contributed by atoms with E-state index in [0.29, 0.717) is 18.0 Å². The highest BCUT2D eigenvalue weighted by Gasteiger charge is 2.16. The second-order valence-electron chi connectivity index (χ2n) is 4.83. The van der Waals surface area contributed by atoms with E-state index in [1.165, 1.54) is 4.90 Å². The molecule has 1 aromatic carbocycles. The van der Waals surface area contributed by atoms with Gasteiger partial charge in [-0.3, -0.25) is 9.78 Å². The van der Waals surface area contributed by atoms with Crippen LogP contribution in [0.1, 0.15) is 21.9 Å². The summed E-state index contributed by atoms with van der Waals surface area (Å²) in [5, 5.41) is 3.73. The topological polar surface area (TPSA) is 72.1 Å². The summed E-state index contributed by atoms with van der Waals surface area (Å²) in [6, 6.07) is 9.24. The molecule has 2 aromatic heterocycles. The number of aryl methyl sites for hydroxylation is 1. The molecule has 21 heavy (non-hydrogen) atoms. The number of carbonyl (C=O) groups excluding carboxylic acids is 1. The van der Waals surface area contributed by atoms with Crippen molar-refractivity contribution in [1.82, 2.24) is 20.0 Å². The lowest BCUT2D eigenvalue weighted by atomic mass is 10.3. The number of hydrogen-bond donors (Lipinski definition) is 0. The maximum absolute atomic E-state index is 12.2. The summed E-state index contributed by atoms with van der Waals surface area (Å²) in [6.07, 6.45) is 1.68. The fraction of sp³-hybridized carbons (Fsp3) is 0.200. The molecule has 1 amide bonds. The van der Waals surface area contributed by atoms with Crippen molar-refractivity contribution in [3.8, 4) is 0 Å². The monoisotopic (exact) mass is 282 g/mol. The molecule has 0 spiro atoms. The van der Waals surface area contributed by atoms with E-state index < -0.39 is 0 Å². The summed E-state index contributed by atoms with van der Waals surface area (Å²) in [5.74, 6) is 0.402. The highest BCUT2D eigenvalue weighted by Crippen LogP contribution is 2.11. The molecule has 0 saturated heterocycles. The van der Waals surface area contributed by atoms with Crippen LogP contribution in [0.15, 0.2) is 41.1 Å². The van der Waals surface area contributed by atoms with Crippen LogP contribution in [0.3, 0.4) is 0 Å². The third-order valence-corrected chi connectivity index (χ3v) is 3.09. The van der Waals surface area contributed by atoms with Gasteiger partial charge in [-0.1, -0.05) is 17.3 Å². The van der Waals surface area contributed by atoms with Crippen molar-refractivity contribution in [3.63, 3.8) is 0 Å². The summed E-state index contributed by atoms with van der Waals surface area (Å²) in [5.41, 5.74) is 2.67. The molecule has 0 unspecified atom stereocenters. The van der Waals surface area contributed by atoms with Crippen LogP contribution < -0.4 is 0 Å². The molecule has 0 atom stereocenters. The zero-order valence-electron chi connectivity index (χ0n) is 11.8. The van der Waals surface area contributed by atoms with E-state index in [1.807, 2.05) is 24.3 Å². The van der Waals surface area contributed by atoms with E-state index in [-0.39, 0.29) is 5.91 Å². The number of hydrogen-bond acceptors (Lipinski definition) is 5. The molecule has 106 valence electrons. The first kappa shape index (κ1) is 13.2. The van der Waals surface area contributed by atoms with Crippen LogP contribution in [0.2, 0.25) is 0 Å². The number of amides is 1. The maximum atomic E-state index is 12.2. The highest BCUT2D eigenvalue weighted by molar-refractivity contribution is 5.92. The Hall–Kier alpha value is -2.76. The maximum Gasteiger partial charge on any atom is 0.276 e. The fourth-order valence-corrected chi connectivity index (χ4v) is 2.05. The number of nitrogens with zero attached hydrogens (tertiary/aromatic N) is 4. The number of rotatable bonds is 3. The molecular weight excluding hydrogens is 268 g/mol. The molecule has 2 heterocycles. The number of para-hydroxylation sites is 2. The minimum Gasteiger partial charge on any atom is -0.361 e. The van der Waals surface area contributed by atoms with Crippen molar-refractivity contribution in [2.45, 2.75) is 13.5 Å². The molecule has 0 fully saturated rings. The summed E-state index contributed by atoms with van der Waals surface area (Å²) in [4.78, 5) is 22.6. The fourth-order valence-electron chi connectivity index (χ4n) is 2.05. The van der Waals surface area contributed by atoms with E-state index in [0.717, 1.165) is 16.7 Å². The van der Waals surface area contributed by atoms with E-state index >= 15 is 0 Å². The summed E-state index contributed by atoms with van der Waals surface area (Å²) in [7, 11) is 1.70. The lowest BCUT2D eigenvalue weighted by Gasteiger charge is -2.14. The second kappa shape index (κ2) is 5.32. The normalized spacial score (nSPS) is 10.8. The van der Waals surface area contributed by atoms with E-state index in [2.05, 4.69) is 15.1 Å². The third kappa shape index (κ3) is 2.74. The molecule has 0 radical (unpaired) electrons. The molecule has 0 aliphatic heterocycles. The number of carbonyl (C=O) groups is 1. The SMILES string of the molecule is Cc1cc(C(=O)N(C)Cc2cnc3ccccc3n2)no1. The lowest BCUT2D eigenvalue weighted by Crippen LogP contribution is -2.27. The smallest absolute Gasteiger partial charge is 0.276 e. The first-order valence-electron chi connectivity index (χ1n) is 6.53. The molecule has 3 aromatic rings. The molecule has 0 aliphatic carbocycles. The van der Waals surface area contributed by atoms with Gasteiger partial charge in [0.05, 0.1) is 29.5 Å². The quantitative estimate of drug-likeness (QED) is 0.736. The van der Waals surface area contributed by atoms with Crippen LogP contribution >= 0.6 is 0 Å². The van der Waals surface area contributed by atoms with Gasteiger partial charge in [0.25, 0.3) is 5.91 Å². The Balaban J connectivity index is 1.79. The van der Waals surface area contributed by atoms with Crippen LogP contribution in [0.5, 0.6) is 0 Å². The predicted octanol–water partition coefficient (Wildman–Crippen LogP) is 2.20. The Morgan fingerprint density at radius 3 is 2.76 bits per heavy atom. The van der Waals surface area contributed by atoms with Crippen molar-refractivity contribution in [3.05, 3.63) is 53.7 Å². The number of aromatic nitrogens is 3. The Morgan fingerprint density at radius 1 is 1.29 bits per heavy atom. The molecule has 0 saturated carbocycles. The van der Waals surface area contributed by atoms with Crippen LogP contribution in [-0.2, 0) is 6.54 Å². The van der Waals surface area contributed by atoms with Gasteiger partial charge in [0.2, 0.25) is 0 Å². The predicted molar refractivity (Wildman–Crippen MR) is 76.6 cm³/mol. The lowest BCUT2D eigenvalue weighted by molar-refractivity contribution is 0.0773. The average Bonchev–Trinajstić information content (AvgIpc) is 2.93. The molecule has 0 bridgehead atoms. The van der Waals surface area contributed by atoms with Gasteiger partial charge in [-0.2, -0.15) is 0 Å². The van der Waals surface area contributed by atoms with Gasteiger partial charge in [-0.15, -0.1) is 0 Å². The molecule has 0 N–H and O–H groups in total. The van der Waals surface area contributed by atoms with Crippen molar-refractivity contribution in [2.24, 2.45) is 0 Å². The van der Waals surface area contributed by atoms with Crippen LogP contribution in [0.4, 0.5) is 0 Å². The standard InChI is InChI=1S/C15H14N4O2/c1-10-7-14(18-21-10)15(20)19(2)9-11-8-16-12-5-3-4-6-13(12)17-11/h3-8H,9H2,1-2H3. The van der Waals surface area contributed by atoms with Gasteiger partial charge in [-0.25, -0.2) is 4.98 Å². The summed E-state index contributed by atoms with van der Waals surface area (Å²) >= 11 is 0. The van der Waals surface area contributed by atoms with Gasteiger partial charge >= 0.3 is 0 Å². The number of fused-ring (bicyclic) bond motifs is 1. The van der Waals surface area contributed by atoms with Gasteiger partial charge in [0, 0.05) is 13.1 Å². The Bertz CT molecular complexity index is 797. The average molecular weight is 282 g/mol. The third-order valence-electron chi connectivity index (χ3n) is 3.09. The van der Waals surface area contributed by atoms with Crippen LogP contribution in [0.25, 0.3) is 11.0 Å². The summed E-state index contributed by atoms with van der Waals surface area (Å²) in [6.45, 7) is 2.11. The van der Waals surface area contributed by atoms with Crippen molar-refractivity contribution < 1.29 is 9.32 Å². The van der Waals surface area contributed by atoms with Crippen molar-refractivity contribution in [1.29, 1.82) is 0 Å². The van der Waals surface area contributed by atoms with Gasteiger partial charge < -0.3 is 9.42 Å². The molecule has 3 rings (SSSR count). The molecule has 6 heteroatoms. The van der Waals surface area contributed by atoms with Crippen molar-refractivity contribution in [2.75, 3.05) is 7.05 Å². The Labute approximate surface area is 121 Å². The van der Waals surface area contributed by atoms with Crippen LogP contribution in [0, 0.1) is 6.92 Å². The zero-order valence-corrected chi connectivity index (χ0v) is 11.8. The first-order valence-corrected chi connectivity index (χ1v) is 6.53. The van der Waals surface area contributed by atoms with E-state index in [4.69, 9.17) is 4.52 Å². The van der Waals surface area contributed by atoms with E-state index in [1.54, 1.807) is 26.2 Å². The summed E-state index contributed by atoms with van der Waals surface area (Å²) < 4.78 is 4.92. The minimum atomic E-state index is -0.207. The van der Waals surface area contributed by atoms with Gasteiger partial charge in [0.15, 0.2) is 5.69 Å². The Kier molecular flexibility index (Phi) is 3.35. The van der Waals surface area contributed by atoms with Gasteiger partial charge in [0.1, 0.15) is 5.76 Å². The second-order valence-corrected chi connectivity index (χ2v) is 4.83. The van der Waals surface area contributed by atoms with Crippen molar-refractivity contribution >= 4 is 16.9 Å². The molecular formula is C15H14N4O2.